The van der Waals surface area contributed by atoms with Crippen LogP contribution >= 0.6 is 0 Å². The first-order chi connectivity index (χ1) is 14.6. The molecule has 6 aliphatic rings. The quantitative estimate of drug-likeness (QED) is 0.484. The van der Waals surface area contributed by atoms with E-state index in [2.05, 4.69) is 39.8 Å². The number of hydrogen-bond acceptors (Lipinski definition) is 3. The van der Waals surface area contributed by atoms with E-state index in [0.717, 1.165) is 37.2 Å². The summed E-state index contributed by atoms with van der Waals surface area (Å²) in [6.07, 6.45) is 14.8. The predicted octanol–water partition coefficient (Wildman–Crippen LogP) is 5.96. The molecule has 5 fully saturated rings. The molecule has 0 bridgehead atoms. The Hall–Kier alpha value is -0.380. The highest BCUT2D eigenvalue weighted by molar-refractivity contribution is 5.21. The van der Waals surface area contributed by atoms with Crippen molar-refractivity contribution in [1.82, 2.24) is 0 Å². The summed E-state index contributed by atoms with van der Waals surface area (Å²) in [5.74, 6) is 4.54. The third-order valence-corrected chi connectivity index (χ3v) is 11.7. The summed E-state index contributed by atoms with van der Waals surface area (Å²) in [5, 5.41) is 10.7. The van der Waals surface area contributed by atoms with Crippen LogP contribution in [0.2, 0.25) is 0 Å². The van der Waals surface area contributed by atoms with Crippen molar-refractivity contribution in [2.45, 2.75) is 103 Å². The van der Waals surface area contributed by atoms with Gasteiger partial charge in [0.05, 0.1) is 18.3 Å². The second-order valence-corrected chi connectivity index (χ2v) is 13.4. The normalized spacial score (nSPS) is 62.8. The molecule has 31 heavy (non-hydrogen) atoms. The van der Waals surface area contributed by atoms with Crippen molar-refractivity contribution >= 4 is 0 Å². The minimum Gasteiger partial charge on any atom is -0.386 e. The third kappa shape index (κ3) is 2.81. The van der Waals surface area contributed by atoms with Crippen LogP contribution in [0.3, 0.4) is 0 Å². The van der Waals surface area contributed by atoms with Crippen molar-refractivity contribution in [2.75, 3.05) is 6.61 Å². The standard InChI is InChI=1S/C28H44O3/c1-17-8-11-28(30-16-17)18(2)24-23(31-28)14-22-20-7-6-19-15-25(3,29)12-13-26(19,4)21(20)9-10-27(22,24)5/h12-13,17-24,29H,6-11,14-16H2,1-5H3/t17-,18+,19+,20-,21+,22+,23+,24+,25+,26+,27+,28-/m1/s1. The molecule has 0 aromatic heterocycles. The molecule has 0 radical (unpaired) electrons. The average molecular weight is 429 g/mol. The molecule has 2 heterocycles. The van der Waals surface area contributed by atoms with Gasteiger partial charge < -0.3 is 14.6 Å². The monoisotopic (exact) mass is 428 g/mol. The van der Waals surface area contributed by atoms with E-state index in [1.54, 1.807) is 0 Å². The Morgan fingerprint density at radius 3 is 2.48 bits per heavy atom. The third-order valence-electron chi connectivity index (χ3n) is 11.7. The molecule has 0 aromatic rings. The van der Waals surface area contributed by atoms with Gasteiger partial charge in [-0.25, -0.2) is 0 Å². The van der Waals surface area contributed by atoms with Gasteiger partial charge in [-0.05, 0) is 98.2 Å². The number of hydrogen-bond donors (Lipinski definition) is 1. The molecule has 12 atom stereocenters. The van der Waals surface area contributed by atoms with E-state index in [1.165, 1.54) is 38.5 Å². The number of rotatable bonds is 0. The lowest BCUT2D eigenvalue weighted by Gasteiger charge is -2.60. The Kier molecular flexibility index (Phi) is 4.51. The van der Waals surface area contributed by atoms with Gasteiger partial charge in [-0.15, -0.1) is 0 Å². The molecule has 1 N–H and O–H groups in total. The van der Waals surface area contributed by atoms with Crippen LogP contribution in [0.15, 0.2) is 12.2 Å². The Morgan fingerprint density at radius 1 is 0.935 bits per heavy atom. The van der Waals surface area contributed by atoms with Crippen LogP contribution in [0, 0.1) is 52.3 Å². The summed E-state index contributed by atoms with van der Waals surface area (Å²) in [4.78, 5) is 0. The fourth-order valence-electron chi connectivity index (χ4n) is 9.99. The molecule has 0 amide bonds. The van der Waals surface area contributed by atoms with E-state index in [0.29, 0.717) is 35.2 Å². The maximum absolute atomic E-state index is 10.7. The van der Waals surface area contributed by atoms with Crippen LogP contribution in [0.1, 0.15) is 86.0 Å². The van der Waals surface area contributed by atoms with Crippen LogP contribution in [-0.4, -0.2) is 29.2 Å². The van der Waals surface area contributed by atoms with Gasteiger partial charge in [0, 0.05) is 12.3 Å². The van der Waals surface area contributed by atoms with Gasteiger partial charge in [0.15, 0.2) is 5.79 Å². The van der Waals surface area contributed by atoms with Gasteiger partial charge in [0.2, 0.25) is 0 Å². The van der Waals surface area contributed by atoms with E-state index in [9.17, 15) is 5.11 Å². The fourth-order valence-corrected chi connectivity index (χ4v) is 9.99. The summed E-state index contributed by atoms with van der Waals surface area (Å²) < 4.78 is 13.4. The number of allylic oxidation sites excluding steroid dienone is 1. The molecule has 3 nitrogen and oxygen atoms in total. The van der Waals surface area contributed by atoms with Gasteiger partial charge in [0.1, 0.15) is 0 Å². The Morgan fingerprint density at radius 2 is 1.74 bits per heavy atom. The van der Waals surface area contributed by atoms with Crippen LogP contribution in [0.25, 0.3) is 0 Å². The summed E-state index contributed by atoms with van der Waals surface area (Å²) in [6, 6.07) is 0. The number of aliphatic hydroxyl groups is 1. The predicted molar refractivity (Wildman–Crippen MR) is 122 cm³/mol. The second-order valence-electron chi connectivity index (χ2n) is 13.4. The van der Waals surface area contributed by atoms with E-state index < -0.39 is 5.60 Å². The largest absolute Gasteiger partial charge is 0.386 e. The topological polar surface area (TPSA) is 38.7 Å². The lowest BCUT2D eigenvalue weighted by atomic mass is 9.45. The highest BCUT2D eigenvalue weighted by atomic mass is 16.7. The molecule has 6 rings (SSSR count). The maximum Gasteiger partial charge on any atom is 0.171 e. The molecule has 0 unspecified atom stereocenters. The first-order valence-corrected chi connectivity index (χ1v) is 13.3. The molecule has 4 aliphatic carbocycles. The van der Waals surface area contributed by atoms with Crippen molar-refractivity contribution in [1.29, 1.82) is 0 Å². The van der Waals surface area contributed by atoms with Gasteiger partial charge >= 0.3 is 0 Å². The fraction of sp³-hybridized carbons (Fsp3) is 0.929. The first-order valence-electron chi connectivity index (χ1n) is 13.3. The molecule has 3 heteroatoms. The summed E-state index contributed by atoms with van der Waals surface area (Å²) >= 11 is 0. The minimum atomic E-state index is -0.611. The molecule has 174 valence electrons. The number of fused-ring (bicyclic) bond motifs is 7. The Bertz CT molecular complexity index is 764. The lowest BCUT2D eigenvalue weighted by Crippen LogP contribution is -2.54. The average Bonchev–Trinajstić information content (AvgIpc) is 3.16. The van der Waals surface area contributed by atoms with Gasteiger partial charge in [0.25, 0.3) is 0 Å². The summed E-state index contributed by atoms with van der Waals surface area (Å²) in [7, 11) is 0. The van der Waals surface area contributed by atoms with Crippen molar-refractivity contribution in [3.63, 3.8) is 0 Å². The highest BCUT2D eigenvalue weighted by Gasteiger charge is 2.69. The van der Waals surface area contributed by atoms with E-state index in [4.69, 9.17) is 9.47 Å². The van der Waals surface area contributed by atoms with Crippen molar-refractivity contribution in [3.8, 4) is 0 Å². The second kappa shape index (κ2) is 6.60. The molecule has 2 aliphatic heterocycles. The van der Waals surface area contributed by atoms with Gasteiger partial charge in [-0.3, -0.25) is 0 Å². The van der Waals surface area contributed by atoms with Gasteiger partial charge in [-0.1, -0.05) is 39.8 Å². The summed E-state index contributed by atoms with van der Waals surface area (Å²) in [5.41, 5.74) is 0.0500. The van der Waals surface area contributed by atoms with Crippen LogP contribution in [0.5, 0.6) is 0 Å². The van der Waals surface area contributed by atoms with Crippen LogP contribution in [0.4, 0.5) is 0 Å². The molecule has 0 aromatic carbocycles. The highest BCUT2D eigenvalue weighted by Crippen LogP contribution is 2.71. The molecule has 2 saturated heterocycles. The van der Waals surface area contributed by atoms with Crippen molar-refractivity contribution < 1.29 is 14.6 Å². The zero-order valence-electron chi connectivity index (χ0n) is 20.4. The smallest absolute Gasteiger partial charge is 0.171 e. The molecular weight excluding hydrogens is 384 g/mol. The van der Waals surface area contributed by atoms with E-state index >= 15 is 0 Å². The first kappa shape index (κ1) is 21.2. The van der Waals surface area contributed by atoms with Crippen LogP contribution < -0.4 is 0 Å². The van der Waals surface area contributed by atoms with E-state index in [-0.39, 0.29) is 11.2 Å². The SMILES string of the molecule is C[C@@H]1CC[C@@]2(OC1)O[C@H]1C[C@H]3[C@@H]4CC[C@H]5C[C@@](C)(O)C=C[C@]5(C)[C@H]4CC[C@]3(C)[C@H]1[C@@H]2C. The lowest BCUT2D eigenvalue weighted by molar-refractivity contribution is -0.272. The zero-order valence-corrected chi connectivity index (χ0v) is 20.4. The van der Waals surface area contributed by atoms with Gasteiger partial charge in [-0.2, -0.15) is 0 Å². The minimum absolute atomic E-state index is 0.264. The Balaban J connectivity index is 1.27. The van der Waals surface area contributed by atoms with E-state index in [1.807, 2.05) is 6.92 Å². The maximum atomic E-state index is 10.7. The molecular formula is C28H44O3. The Labute approximate surface area is 189 Å². The van der Waals surface area contributed by atoms with Crippen LogP contribution in [-0.2, 0) is 9.47 Å². The molecule has 1 spiro atoms. The molecule has 3 saturated carbocycles. The zero-order chi connectivity index (χ0) is 21.8. The summed E-state index contributed by atoms with van der Waals surface area (Å²) in [6.45, 7) is 12.8. The van der Waals surface area contributed by atoms with Crippen molar-refractivity contribution in [2.24, 2.45) is 52.3 Å². The van der Waals surface area contributed by atoms with Crippen molar-refractivity contribution in [3.05, 3.63) is 12.2 Å². The number of ether oxygens (including phenoxy) is 2.